The molecule has 0 fully saturated rings. The fourth-order valence-electron chi connectivity index (χ4n) is 1.14. The van der Waals surface area contributed by atoms with Crippen LogP contribution in [0, 0.1) is 6.92 Å². The minimum absolute atomic E-state index is 0.0128. The average molecular weight is 221 g/mol. The highest BCUT2D eigenvalue weighted by Crippen LogP contribution is 2.14. The Labute approximate surface area is 94.0 Å². The summed E-state index contributed by atoms with van der Waals surface area (Å²) in [6.07, 6.45) is 2.29. The molecule has 16 heavy (non-hydrogen) atoms. The molecule has 0 N–H and O–H groups in total. The van der Waals surface area contributed by atoms with Crippen LogP contribution in [-0.2, 0) is 9.53 Å². The molecule has 1 radical (unpaired) electrons. The van der Waals surface area contributed by atoms with Crippen LogP contribution in [0.25, 0.3) is 0 Å². The van der Waals surface area contributed by atoms with E-state index in [4.69, 9.17) is 4.74 Å². The van der Waals surface area contributed by atoms with E-state index in [1.807, 2.05) is 0 Å². The van der Waals surface area contributed by atoms with E-state index < -0.39 is 12.0 Å². The maximum atomic E-state index is 11.6. The lowest BCUT2D eigenvalue weighted by molar-refractivity contribution is -0.117. The first-order valence-corrected chi connectivity index (χ1v) is 4.89. The summed E-state index contributed by atoms with van der Waals surface area (Å²) in [7, 11) is 0. The van der Waals surface area contributed by atoms with Crippen LogP contribution in [0.2, 0.25) is 0 Å². The van der Waals surface area contributed by atoms with Crippen molar-refractivity contribution in [3.8, 4) is 0 Å². The zero-order chi connectivity index (χ0) is 12.0. The molecule has 1 aromatic rings. The molecular weight excluding hydrogens is 208 g/mol. The molecule has 1 aromatic heterocycles. The fraction of sp³-hybridized carbons (Fsp3) is 0.273. The maximum absolute atomic E-state index is 11.6. The first kappa shape index (κ1) is 12.2. The van der Waals surface area contributed by atoms with Gasteiger partial charge in [0.2, 0.25) is 5.91 Å². The SMILES string of the molecule is [CH2]CC(=O)N(C(=O)OCC)c1ccncc1. The van der Waals surface area contributed by atoms with Crippen LogP contribution in [0.15, 0.2) is 24.5 Å². The van der Waals surface area contributed by atoms with E-state index in [1.165, 1.54) is 12.4 Å². The molecule has 1 rings (SSSR count). The predicted octanol–water partition coefficient (Wildman–Crippen LogP) is 1.80. The van der Waals surface area contributed by atoms with Gasteiger partial charge in [-0.15, -0.1) is 0 Å². The van der Waals surface area contributed by atoms with Gasteiger partial charge in [0, 0.05) is 18.8 Å². The lowest BCUT2D eigenvalue weighted by Gasteiger charge is -2.18. The van der Waals surface area contributed by atoms with Gasteiger partial charge in [-0.05, 0) is 26.0 Å². The monoisotopic (exact) mass is 221 g/mol. The van der Waals surface area contributed by atoms with E-state index in [0.717, 1.165) is 4.90 Å². The summed E-state index contributed by atoms with van der Waals surface area (Å²) in [6.45, 7) is 5.35. The molecule has 0 saturated carbocycles. The molecule has 85 valence electrons. The van der Waals surface area contributed by atoms with Crippen LogP contribution in [0.1, 0.15) is 13.3 Å². The second-order valence-corrected chi connectivity index (χ2v) is 2.88. The van der Waals surface area contributed by atoms with Crippen LogP contribution in [-0.4, -0.2) is 23.6 Å². The standard InChI is InChI=1S/C11H13N2O3/c1-3-10(14)13(11(15)16-4-2)9-5-7-12-8-6-9/h5-8H,1,3-4H2,2H3. The van der Waals surface area contributed by atoms with Gasteiger partial charge in [0.1, 0.15) is 0 Å². The number of aromatic nitrogens is 1. The fourth-order valence-corrected chi connectivity index (χ4v) is 1.14. The largest absolute Gasteiger partial charge is 0.449 e. The number of pyridine rings is 1. The van der Waals surface area contributed by atoms with Crippen molar-refractivity contribution in [2.75, 3.05) is 11.5 Å². The molecule has 0 aromatic carbocycles. The van der Waals surface area contributed by atoms with Crippen LogP contribution in [0.3, 0.4) is 0 Å². The topological polar surface area (TPSA) is 59.5 Å². The Balaban J connectivity index is 2.97. The van der Waals surface area contributed by atoms with Crippen molar-refractivity contribution in [1.29, 1.82) is 0 Å². The van der Waals surface area contributed by atoms with Crippen molar-refractivity contribution < 1.29 is 14.3 Å². The van der Waals surface area contributed by atoms with Gasteiger partial charge in [0.25, 0.3) is 0 Å². The van der Waals surface area contributed by atoms with E-state index in [1.54, 1.807) is 19.1 Å². The summed E-state index contributed by atoms with van der Waals surface area (Å²) in [6, 6.07) is 3.12. The zero-order valence-electron chi connectivity index (χ0n) is 9.05. The van der Waals surface area contributed by atoms with Gasteiger partial charge in [0.15, 0.2) is 0 Å². The number of imide groups is 1. The van der Waals surface area contributed by atoms with Crippen molar-refractivity contribution in [3.05, 3.63) is 31.5 Å². The number of ether oxygens (including phenoxy) is 1. The van der Waals surface area contributed by atoms with E-state index in [-0.39, 0.29) is 13.0 Å². The van der Waals surface area contributed by atoms with E-state index in [0.29, 0.717) is 5.69 Å². The second-order valence-electron chi connectivity index (χ2n) is 2.88. The highest BCUT2D eigenvalue weighted by Gasteiger charge is 2.22. The quantitative estimate of drug-likeness (QED) is 0.780. The second kappa shape index (κ2) is 5.85. The van der Waals surface area contributed by atoms with Crippen LogP contribution >= 0.6 is 0 Å². The number of rotatable bonds is 3. The number of anilines is 1. The Morgan fingerprint density at radius 1 is 1.44 bits per heavy atom. The number of amides is 2. The molecule has 5 heteroatoms. The van der Waals surface area contributed by atoms with Gasteiger partial charge in [-0.25, -0.2) is 9.69 Å². The number of hydrogen-bond donors (Lipinski definition) is 0. The highest BCUT2D eigenvalue weighted by molar-refractivity contribution is 6.12. The van der Waals surface area contributed by atoms with Crippen LogP contribution in [0.4, 0.5) is 10.5 Å². The smallest absolute Gasteiger partial charge is 0.421 e. The van der Waals surface area contributed by atoms with Crippen LogP contribution in [0.5, 0.6) is 0 Å². The molecule has 0 aliphatic carbocycles. The van der Waals surface area contributed by atoms with Gasteiger partial charge in [0.05, 0.1) is 12.3 Å². The van der Waals surface area contributed by atoms with Crippen LogP contribution < -0.4 is 4.90 Å². The number of carbonyl (C=O) groups excluding carboxylic acids is 2. The molecule has 0 bridgehead atoms. The Kier molecular flexibility index (Phi) is 4.44. The van der Waals surface area contributed by atoms with Crippen molar-refractivity contribution >= 4 is 17.7 Å². The maximum Gasteiger partial charge on any atom is 0.421 e. The minimum atomic E-state index is -0.692. The predicted molar refractivity (Wildman–Crippen MR) is 58.7 cm³/mol. The van der Waals surface area contributed by atoms with Gasteiger partial charge in [-0.2, -0.15) is 0 Å². The molecule has 0 atom stereocenters. The van der Waals surface area contributed by atoms with Gasteiger partial charge in [-0.3, -0.25) is 9.78 Å². The third-order valence-corrected chi connectivity index (χ3v) is 1.83. The normalized spacial score (nSPS) is 9.62. The Morgan fingerprint density at radius 2 is 2.06 bits per heavy atom. The summed E-state index contributed by atoms with van der Waals surface area (Å²) in [5, 5.41) is 0. The summed E-state index contributed by atoms with van der Waals surface area (Å²) in [5.74, 6) is -0.412. The third kappa shape index (κ3) is 2.79. The highest BCUT2D eigenvalue weighted by atomic mass is 16.6. The van der Waals surface area contributed by atoms with Crippen molar-refractivity contribution in [3.63, 3.8) is 0 Å². The molecule has 0 saturated heterocycles. The Bertz CT molecular complexity index is 365. The van der Waals surface area contributed by atoms with Gasteiger partial charge in [-0.1, -0.05) is 0 Å². The summed E-state index contributed by atoms with van der Waals surface area (Å²) >= 11 is 0. The number of hydrogen-bond acceptors (Lipinski definition) is 4. The summed E-state index contributed by atoms with van der Waals surface area (Å²) < 4.78 is 4.80. The van der Waals surface area contributed by atoms with Crippen molar-refractivity contribution in [2.45, 2.75) is 13.3 Å². The molecule has 0 unspecified atom stereocenters. The van der Waals surface area contributed by atoms with Crippen molar-refractivity contribution in [1.82, 2.24) is 4.98 Å². The molecule has 1 heterocycles. The molecule has 0 aliphatic heterocycles. The first-order valence-electron chi connectivity index (χ1n) is 4.89. The van der Waals surface area contributed by atoms with E-state index >= 15 is 0 Å². The minimum Gasteiger partial charge on any atom is -0.449 e. The molecule has 5 nitrogen and oxygen atoms in total. The summed E-state index contributed by atoms with van der Waals surface area (Å²) in [5.41, 5.74) is 0.433. The van der Waals surface area contributed by atoms with Crippen molar-refractivity contribution in [2.24, 2.45) is 0 Å². The number of nitrogens with zero attached hydrogens (tertiary/aromatic N) is 2. The molecular formula is C11H13N2O3. The number of carbonyl (C=O) groups is 2. The lowest BCUT2D eigenvalue weighted by atomic mass is 10.3. The Hall–Kier alpha value is -1.91. The van der Waals surface area contributed by atoms with Gasteiger partial charge < -0.3 is 4.74 Å². The Morgan fingerprint density at radius 3 is 2.56 bits per heavy atom. The molecule has 0 spiro atoms. The average Bonchev–Trinajstić information content (AvgIpc) is 2.31. The van der Waals surface area contributed by atoms with E-state index in [9.17, 15) is 9.59 Å². The van der Waals surface area contributed by atoms with E-state index in [2.05, 4.69) is 11.9 Å². The third-order valence-electron chi connectivity index (χ3n) is 1.83. The lowest BCUT2D eigenvalue weighted by Crippen LogP contribution is -2.37. The first-order chi connectivity index (χ1) is 7.70. The zero-order valence-corrected chi connectivity index (χ0v) is 9.05. The summed E-state index contributed by atoms with van der Waals surface area (Å²) in [4.78, 5) is 27.9. The molecule has 0 aliphatic rings. The van der Waals surface area contributed by atoms with Gasteiger partial charge >= 0.3 is 6.09 Å². The molecule has 2 amide bonds.